The largest absolute Gasteiger partial charge is 0.313 e. The molecule has 0 amide bonds. The molecular weight excluding hydrogens is 136 g/mol. The highest BCUT2D eigenvalue weighted by molar-refractivity contribution is 5.05. The van der Waals surface area contributed by atoms with Gasteiger partial charge in [-0.1, -0.05) is 0 Å². The van der Waals surface area contributed by atoms with Crippen molar-refractivity contribution in [2.24, 2.45) is 22.8 Å². The molecule has 11 heavy (non-hydrogen) atoms. The van der Waals surface area contributed by atoms with Crippen LogP contribution in [0.1, 0.15) is 39.0 Å². The summed E-state index contributed by atoms with van der Waals surface area (Å²) in [5, 5.41) is 0. The third-order valence-electron chi connectivity index (χ3n) is 3.88. The molecule has 0 spiro atoms. The average Bonchev–Trinajstić information content (AvgIpc) is 2.42. The molecule has 2 nitrogen and oxygen atoms in total. The third kappa shape index (κ3) is 0.926. The molecule has 2 heteroatoms. The molecule has 0 aromatic rings. The Morgan fingerprint density at radius 2 is 1.82 bits per heavy atom. The van der Waals surface area contributed by atoms with Crippen molar-refractivity contribution in [1.29, 1.82) is 0 Å². The van der Waals surface area contributed by atoms with E-state index >= 15 is 0 Å². The predicted molar refractivity (Wildman–Crippen MR) is 45.8 cm³/mol. The summed E-state index contributed by atoms with van der Waals surface area (Å²) in [6.45, 7) is 1.99. The van der Waals surface area contributed by atoms with E-state index in [4.69, 9.17) is 11.5 Å². The van der Waals surface area contributed by atoms with E-state index in [0.29, 0.717) is 5.41 Å². The Hall–Kier alpha value is -0.0800. The second-order valence-electron chi connectivity index (χ2n) is 4.71. The fraction of sp³-hybridized carbons (Fsp3) is 1.00. The summed E-state index contributed by atoms with van der Waals surface area (Å²) < 4.78 is 0. The van der Waals surface area contributed by atoms with Gasteiger partial charge in [0.15, 0.2) is 0 Å². The predicted octanol–water partition coefficient (Wildman–Crippen LogP) is 1.20. The zero-order valence-corrected chi connectivity index (χ0v) is 7.27. The lowest BCUT2D eigenvalue weighted by molar-refractivity contribution is 0.149. The van der Waals surface area contributed by atoms with Gasteiger partial charge in [0.2, 0.25) is 0 Å². The Kier molecular flexibility index (Phi) is 1.37. The molecular formula is C9H18N2. The molecule has 0 unspecified atom stereocenters. The van der Waals surface area contributed by atoms with Crippen LogP contribution in [0.2, 0.25) is 0 Å². The topological polar surface area (TPSA) is 52.0 Å². The van der Waals surface area contributed by atoms with Gasteiger partial charge in [0.25, 0.3) is 0 Å². The Morgan fingerprint density at radius 3 is 2.00 bits per heavy atom. The first kappa shape index (κ1) is 7.56. The Morgan fingerprint density at radius 1 is 1.27 bits per heavy atom. The minimum absolute atomic E-state index is 0.303. The van der Waals surface area contributed by atoms with Crippen molar-refractivity contribution >= 4 is 0 Å². The lowest BCUT2D eigenvalue weighted by Crippen LogP contribution is -2.58. The Balaban J connectivity index is 2.23. The average molecular weight is 154 g/mol. The van der Waals surface area contributed by atoms with Gasteiger partial charge in [0.05, 0.1) is 5.66 Å². The van der Waals surface area contributed by atoms with E-state index < -0.39 is 5.66 Å². The van der Waals surface area contributed by atoms with E-state index in [-0.39, 0.29) is 0 Å². The van der Waals surface area contributed by atoms with Gasteiger partial charge in [-0.15, -0.1) is 0 Å². The maximum Gasteiger partial charge on any atom is 0.0665 e. The molecule has 2 saturated carbocycles. The van der Waals surface area contributed by atoms with Crippen molar-refractivity contribution in [2.75, 3.05) is 0 Å². The van der Waals surface area contributed by atoms with Gasteiger partial charge in [-0.2, -0.15) is 0 Å². The molecule has 2 aliphatic carbocycles. The Labute approximate surface area is 68.3 Å². The van der Waals surface area contributed by atoms with Crippen LogP contribution in [0.4, 0.5) is 0 Å². The first-order valence-electron chi connectivity index (χ1n) is 4.61. The highest BCUT2D eigenvalue weighted by Gasteiger charge is 2.52. The molecule has 2 bridgehead atoms. The monoisotopic (exact) mass is 154 g/mol. The maximum absolute atomic E-state index is 5.99. The van der Waals surface area contributed by atoms with Crippen LogP contribution >= 0.6 is 0 Å². The normalized spacial score (nSPS) is 43.4. The van der Waals surface area contributed by atoms with E-state index in [1.165, 1.54) is 32.1 Å². The van der Waals surface area contributed by atoms with Crippen molar-refractivity contribution in [3.05, 3.63) is 0 Å². The lowest BCUT2D eigenvalue weighted by atomic mass is 9.74. The number of fused-ring (bicyclic) bond motifs is 2. The minimum Gasteiger partial charge on any atom is -0.313 e. The number of hydrogen-bond acceptors (Lipinski definition) is 2. The van der Waals surface area contributed by atoms with Crippen LogP contribution in [0, 0.1) is 11.3 Å². The zero-order chi connectivity index (χ0) is 8.11. The summed E-state index contributed by atoms with van der Waals surface area (Å²) >= 11 is 0. The van der Waals surface area contributed by atoms with Crippen molar-refractivity contribution in [2.45, 2.75) is 44.7 Å². The van der Waals surface area contributed by atoms with Gasteiger partial charge < -0.3 is 11.5 Å². The zero-order valence-electron chi connectivity index (χ0n) is 7.27. The molecule has 4 N–H and O–H groups in total. The van der Waals surface area contributed by atoms with Crippen LogP contribution < -0.4 is 11.5 Å². The molecule has 2 fully saturated rings. The first-order valence-corrected chi connectivity index (χ1v) is 4.61. The van der Waals surface area contributed by atoms with Crippen LogP contribution in [-0.2, 0) is 0 Å². The maximum atomic E-state index is 5.99. The highest BCUT2D eigenvalue weighted by Crippen LogP contribution is 2.57. The molecule has 0 radical (unpaired) electrons. The summed E-state index contributed by atoms with van der Waals surface area (Å²) in [6.07, 6.45) is 6.55. The van der Waals surface area contributed by atoms with Crippen LogP contribution in [0.3, 0.4) is 0 Å². The van der Waals surface area contributed by atoms with Crippen molar-refractivity contribution in [1.82, 2.24) is 0 Å². The molecule has 2 aliphatic rings. The smallest absolute Gasteiger partial charge is 0.0665 e. The van der Waals surface area contributed by atoms with E-state index in [9.17, 15) is 0 Å². The van der Waals surface area contributed by atoms with E-state index in [1.807, 2.05) is 6.92 Å². The minimum atomic E-state index is -0.432. The number of rotatable bonds is 1. The molecule has 0 aromatic carbocycles. The number of nitrogens with two attached hydrogens (primary N) is 2. The molecule has 0 saturated heterocycles. The standard InChI is InChI=1S/C9H18N2/c1-8(10,11)9-4-2-7(6-9)3-5-9/h7H,2-6,10-11H2,1H3. The first-order chi connectivity index (χ1) is 5.04. The lowest BCUT2D eigenvalue weighted by Gasteiger charge is -2.39. The quantitative estimate of drug-likeness (QED) is 0.558. The van der Waals surface area contributed by atoms with Gasteiger partial charge >= 0.3 is 0 Å². The second kappa shape index (κ2) is 1.99. The van der Waals surface area contributed by atoms with Crippen LogP contribution in [0.15, 0.2) is 0 Å². The van der Waals surface area contributed by atoms with Crippen molar-refractivity contribution in [3.63, 3.8) is 0 Å². The van der Waals surface area contributed by atoms with Gasteiger partial charge in [-0.3, -0.25) is 0 Å². The van der Waals surface area contributed by atoms with Crippen molar-refractivity contribution in [3.8, 4) is 0 Å². The van der Waals surface area contributed by atoms with E-state index in [1.54, 1.807) is 0 Å². The molecule has 0 aliphatic heterocycles. The molecule has 64 valence electrons. The SMILES string of the molecule is CC(N)(N)C12CCC(CC1)C2. The highest BCUT2D eigenvalue weighted by atomic mass is 15.0. The third-order valence-corrected chi connectivity index (χ3v) is 3.88. The summed E-state index contributed by atoms with van der Waals surface area (Å²) in [5.41, 5.74) is 11.9. The van der Waals surface area contributed by atoms with Gasteiger partial charge in [0, 0.05) is 5.41 Å². The molecule has 0 atom stereocenters. The van der Waals surface area contributed by atoms with Gasteiger partial charge in [-0.25, -0.2) is 0 Å². The van der Waals surface area contributed by atoms with Gasteiger partial charge in [0.1, 0.15) is 0 Å². The summed E-state index contributed by atoms with van der Waals surface area (Å²) in [7, 11) is 0. The van der Waals surface area contributed by atoms with Crippen molar-refractivity contribution < 1.29 is 0 Å². The Bertz CT molecular complexity index is 161. The molecule has 2 rings (SSSR count). The summed E-state index contributed by atoms with van der Waals surface area (Å²) in [5.74, 6) is 0.946. The molecule has 0 aromatic heterocycles. The molecule has 0 heterocycles. The van der Waals surface area contributed by atoms with E-state index in [2.05, 4.69) is 0 Å². The number of hydrogen-bond donors (Lipinski definition) is 2. The fourth-order valence-corrected chi connectivity index (χ4v) is 2.95. The summed E-state index contributed by atoms with van der Waals surface area (Å²) in [6, 6.07) is 0. The van der Waals surface area contributed by atoms with E-state index in [0.717, 1.165) is 5.92 Å². The van der Waals surface area contributed by atoms with Crippen LogP contribution in [0.25, 0.3) is 0 Å². The fourth-order valence-electron chi connectivity index (χ4n) is 2.95. The van der Waals surface area contributed by atoms with Crippen LogP contribution in [-0.4, -0.2) is 5.66 Å². The second-order valence-corrected chi connectivity index (χ2v) is 4.71. The van der Waals surface area contributed by atoms with Crippen LogP contribution in [0.5, 0.6) is 0 Å². The van der Waals surface area contributed by atoms with Gasteiger partial charge in [-0.05, 0) is 44.9 Å². The summed E-state index contributed by atoms with van der Waals surface area (Å²) in [4.78, 5) is 0.